The molecule has 1 aromatic heterocycles. The highest BCUT2D eigenvalue weighted by molar-refractivity contribution is 5.21. The molecule has 0 saturated heterocycles. The molecule has 1 N–H and O–H groups in total. The number of pyridine rings is 1. The summed E-state index contributed by atoms with van der Waals surface area (Å²) in [6, 6.07) is 2.00. The largest absolute Gasteiger partial charge is 0.396 e. The van der Waals surface area contributed by atoms with Crippen molar-refractivity contribution in [1.29, 1.82) is 0 Å². The molecule has 0 amide bonds. The molecule has 2 heteroatoms. The molecule has 0 radical (unpaired) electrons. The number of aliphatic hydroxyl groups is 1. The van der Waals surface area contributed by atoms with E-state index >= 15 is 0 Å². The van der Waals surface area contributed by atoms with Crippen molar-refractivity contribution in [3.63, 3.8) is 0 Å². The van der Waals surface area contributed by atoms with Crippen LogP contribution in [0.2, 0.25) is 0 Å². The van der Waals surface area contributed by atoms with Gasteiger partial charge in [-0.2, -0.15) is 0 Å². The van der Waals surface area contributed by atoms with E-state index in [0.29, 0.717) is 5.92 Å². The van der Waals surface area contributed by atoms with Crippen LogP contribution in [0.4, 0.5) is 0 Å². The maximum absolute atomic E-state index is 8.87. The summed E-state index contributed by atoms with van der Waals surface area (Å²) in [5.74, 6) is 0.327. The molecule has 1 unspecified atom stereocenters. The van der Waals surface area contributed by atoms with E-state index in [1.807, 2.05) is 19.2 Å². The Morgan fingerprint density at radius 1 is 1.58 bits per heavy atom. The second kappa shape index (κ2) is 4.21. The molecule has 1 aromatic rings. The number of rotatable bonds is 3. The topological polar surface area (TPSA) is 33.1 Å². The average Bonchev–Trinajstić information content (AvgIpc) is 2.09. The summed E-state index contributed by atoms with van der Waals surface area (Å²) in [5.41, 5.74) is 2.49. The van der Waals surface area contributed by atoms with Gasteiger partial charge in [-0.05, 0) is 36.5 Å². The number of hydrogen-bond acceptors (Lipinski definition) is 2. The molecule has 0 bridgehead atoms. The minimum atomic E-state index is 0.244. The quantitative estimate of drug-likeness (QED) is 0.737. The smallest absolute Gasteiger partial charge is 0.0459 e. The van der Waals surface area contributed by atoms with Gasteiger partial charge < -0.3 is 5.11 Å². The molecule has 12 heavy (non-hydrogen) atoms. The number of aromatic nitrogens is 1. The van der Waals surface area contributed by atoms with Gasteiger partial charge in [-0.1, -0.05) is 6.92 Å². The second-order valence-corrected chi connectivity index (χ2v) is 3.29. The van der Waals surface area contributed by atoms with E-state index in [1.165, 1.54) is 11.1 Å². The average molecular weight is 165 g/mol. The fraction of sp³-hybridized carbons (Fsp3) is 0.500. The number of aliphatic hydroxyl groups excluding tert-OH is 1. The Bertz CT molecular complexity index is 247. The summed E-state index contributed by atoms with van der Waals surface area (Å²) >= 11 is 0. The molecule has 0 aliphatic rings. The van der Waals surface area contributed by atoms with Crippen LogP contribution in [-0.4, -0.2) is 16.7 Å². The van der Waals surface area contributed by atoms with Crippen LogP contribution in [0, 0.1) is 12.8 Å². The van der Waals surface area contributed by atoms with Crippen molar-refractivity contribution in [2.45, 2.75) is 20.3 Å². The van der Waals surface area contributed by atoms with Crippen molar-refractivity contribution >= 4 is 0 Å². The van der Waals surface area contributed by atoms with E-state index in [9.17, 15) is 0 Å². The molecule has 0 aromatic carbocycles. The highest BCUT2D eigenvalue weighted by Gasteiger charge is 2.03. The monoisotopic (exact) mass is 165 g/mol. The van der Waals surface area contributed by atoms with E-state index in [0.717, 1.165) is 6.42 Å². The van der Waals surface area contributed by atoms with Gasteiger partial charge in [0.2, 0.25) is 0 Å². The Morgan fingerprint density at radius 3 is 2.92 bits per heavy atom. The molecule has 0 aliphatic heterocycles. The van der Waals surface area contributed by atoms with Crippen molar-refractivity contribution in [3.05, 3.63) is 29.6 Å². The zero-order chi connectivity index (χ0) is 8.97. The van der Waals surface area contributed by atoms with Gasteiger partial charge in [0.25, 0.3) is 0 Å². The van der Waals surface area contributed by atoms with Crippen LogP contribution in [0.1, 0.15) is 18.1 Å². The third-order valence-electron chi connectivity index (χ3n) is 2.03. The standard InChI is InChI=1S/C10H15NO/c1-8(7-12)5-10-6-11-4-3-9(10)2/h3-4,6,8,12H,5,7H2,1-2H3. The highest BCUT2D eigenvalue weighted by atomic mass is 16.3. The minimum absolute atomic E-state index is 0.244. The zero-order valence-corrected chi connectivity index (χ0v) is 7.62. The lowest BCUT2D eigenvalue weighted by molar-refractivity contribution is 0.237. The number of hydrogen-bond donors (Lipinski definition) is 1. The Balaban J connectivity index is 2.69. The Labute approximate surface area is 73.3 Å². The first-order chi connectivity index (χ1) is 5.74. The summed E-state index contributed by atoms with van der Waals surface area (Å²) in [4.78, 5) is 4.05. The van der Waals surface area contributed by atoms with Gasteiger partial charge >= 0.3 is 0 Å². The molecule has 2 nitrogen and oxygen atoms in total. The zero-order valence-electron chi connectivity index (χ0n) is 7.62. The van der Waals surface area contributed by atoms with Crippen LogP contribution in [0.3, 0.4) is 0 Å². The molecule has 1 rings (SSSR count). The van der Waals surface area contributed by atoms with Crippen LogP contribution in [0.25, 0.3) is 0 Å². The van der Waals surface area contributed by atoms with Gasteiger partial charge in [0, 0.05) is 19.0 Å². The third kappa shape index (κ3) is 2.31. The first-order valence-corrected chi connectivity index (χ1v) is 4.24. The normalized spacial score (nSPS) is 12.9. The van der Waals surface area contributed by atoms with Crippen LogP contribution in [0.15, 0.2) is 18.5 Å². The van der Waals surface area contributed by atoms with Gasteiger partial charge in [0.15, 0.2) is 0 Å². The Kier molecular flexibility index (Phi) is 3.23. The summed E-state index contributed by atoms with van der Waals surface area (Å²) in [6.45, 7) is 4.35. The predicted octanol–water partition coefficient (Wildman–Crippen LogP) is 1.56. The third-order valence-corrected chi connectivity index (χ3v) is 2.03. The van der Waals surface area contributed by atoms with Crippen molar-refractivity contribution in [1.82, 2.24) is 4.98 Å². The van der Waals surface area contributed by atoms with Crippen LogP contribution < -0.4 is 0 Å². The van der Waals surface area contributed by atoms with E-state index in [1.54, 1.807) is 6.20 Å². The van der Waals surface area contributed by atoms with Crippen molar-refractivity contribution in [3.8, 4) is 0 Å². The van der Waals surface area contributed by atoms with Gasteiger partial charge in [-0.15, -0.1) is 0 Å². The summed E-state index contributed by atoms with van der Waals surface area (Å²) in [7, 11) is 0. The van der Waals surface area contributed by atoms with Crippen molar-refractivity contribution in [2.75, 3.05) is 6.61 Å². The molecule has 0 fully saturated rings. The fourth-order valence-electron chi connectivity index (χ4n) is 1.15. The number of nitrogens with zero attached hydrogens (tertiary/aromatic N) is 1. The fourth-order valence-corrected chi connectivity index (χ4v) is 1.15. The molecule has 0 saturated carbocycles. The van der Waals surface area contributed by atoms with E-state index < -0.39 is 0 Å². The van der Waals surface area contributed by atoms with Gasteiger partial charge in [0.1, 0.15) is 0 Å². The summed E-state index contributed by atoms with van der Waals surface area (Å²) in [6.07, 6.45) is 4.58. The molecule has 1 heterocycles. The lowest BCUT2D eigenvalue weighted by atomic mass is 10.0. The first-order valence-electron chi connectivity index (χ1n) is 4.24. The molecular weight excluding hydrogens is 150 g/mol. The van der Waals surface area contributed by atoms with E-state index in [2.05, 4.69) is 11.9 Å². The lowest BCUT2D eigenvalue weighted by Crippen LogP contribution is -2.05. The molecule has 0 aliphatic carbocycles. The van der Waals surface area contributed by atoms with Crippen LogP contribution in [0.5, 0.6) is 0 Å². The molecule has 0 spiro atoms. The van der Waals surface area contributed by atoms with E-state index in [-0.39, 0.29) is 6.61 Å². The van der Waals surface area contributed by atoms with E-state index in [4.69, 9.17) is 5.11 Å². The van der Waals surface area contributed by atoms with Gasteiger partial charge in [0.05, 0.1) is 0 Å². The van der Waals surface area contributed by atoms with Crippen molar-refractivity contribution in [2.24, 2.45) is 5.92 Å². The predicted molar refractivity (Wildman–Crippen MR) is 48.9 cm³/mol. The number of aryl methyl sites for hydroxylation is 1. The van der Waals surface area contributed by atoms with Crippen LogP contribution >= 0.6 is 0 Å². The van der Waals surface area contributed by atoms with Gasteiger partial charge in [-0.3, -0.25) is 4.98 Å². The summed E-state index contributed by atoms with van der Waals surface area (Å²) in [5, 5.41) is 8.87. The van der Waals surface area contributed by atoms with Crippen molar-refractivity contribution < 1.29 is 5.11 Å². The Hall–Kier alpha value is -0.890. The SMILES string of the molecule is Cc1ccncc1CC(C)CO. The Morgan fingerprint density at radius 2 is 2.33 bits per heavy atom. The second-order valence-electron chi connectivity index (χ2n) is 3.29. The maximum atomic E-state index is 8.87. The minimum Gasteiger partial charge on any atom is -0.396 e. The lowest BCUT2D eigenvalue weighted by Gasteiger charge is -2.08. The first kappa shape index (κ1) is 9.20. The molecular formula is C10H15NO. The van der Waals surface area contributed by atoms with Gasteiger partial charge in [-0.25, -0.2) is 0 Å². The molecule has 66 valence electrons. The maximum Gasteiger partial charge on any atom is 0.0459 e. The summed E-state index contributed by atoms with van der Waals surface area (Å²) < 4.78 is 0. The van der Waals surface area contributed by atoms with Crippen LogP contribution in [-0.2, 0) is 6.42 Å². The molecule has 1 atom stereocenters. The highest BCUT2D eigenvalue weighted by Crippen LogP contribution is 2.10.